The van der Waals surface area contributed by atoms with Crippen molar-refractivity contribution < 1.29 is 37.5 Å². The molecule has 47 heavy (non-hydrogen) atoms. The van der Waals surface area contributed by atoms with Crippen LogP contribution >= 0.6 is 0 Å². The Morgan fingerprint density at radius 2 is 1.43 bits per heavy atom. The molecule has 0 saturated heterocycles. The number of ether oxygens (including phenoxy) is 1. The van der Waals surface area contributed by atoms with E-state index in [-0.39, 0.29) is 19.6 Å². The van der Waals surface area contributed by atoms with Crippen LogP contribution in [0.15, 0.2) is 91.0 Å². The molecule has 0 saturated carbocycles. The number of halogens is 2. The summed E-state index contributed by atoms with van der Waals surface area (Å²) in [7, 11) is 0. The summed E-state index contributed by atoms with van der Waals surface area (Å²) < 4.78 is 36.0. The SMILES string of the molecule is CC(C)[C@H](NC(=O)OCc1ccccc1)C(=O)NC(Cc1ccc(CCCC=C=O)cc1)C(=O)C(F)(F)C(=O)NCc1ccccc1. The van der Waals surface area contributed by atoms with Gasteiger partial charge in [0.15, 0.2) is 0 Å². The van der Waals surface area contributed by atoms with Crippen LogP contribution in [0.4, 0.5) is 13.6 Å². The lowest BCUT2D eigenvalue weighted by atomic mass is 9.95. The molecule has 0 radical (unpaired) electrons. The molecular formula is C36H39F2N3O6. The van der Waals surface area contributed by atoms with Gasteiger partial charge in [-0.15, -0.1) is 0 Å². The molecule has 0 aromatic heterocycles. The number of ketones is 1. The molecule has 0 spiro atoms. The zero-order valence-electron chi connectivity index (χ0n) is 26.3. The second-order valence-corrected chi connectivity index (χ2v) is 11.3. The average Bonchev–Trinajstić information content (AvgIpc) is 3.07. The van der Waals surface area contributed by atoms with Gasteiger partial charge < -0.3 is 20.7 Å². The van der Waals surface area contributed by atoms with Crippen LogP contribution in [0, 0.1) is 5.92 Å². The van der Waals surface area contributed by atoms with Crippen LogP contribution in [-0.4, -0.2) is 47.6 Å². The zero-order chi connectivity index (χ0) is 34.2. The van der Waals surface area contributed by atoms with Crippen LogP contribution in [0.2, 0.25) is 0 Å². The Labute approximate surface area is 272 Å². The number of allylic oxidation sites excluding steroid dienone is 1. The fourth-order valence-electron chi connectivity index (χ4n) is 4.66. The number of carbonyl (C=O) groups excluding carboxylic acids is 5. The summed E-state index contributed by atoms with van der Waals surface area (Å²) in [6, 6.07) is 21.0. The number of unbranched alkanes of at least 4 members (excludes halogenated alkanes) is 1. The van der Waals surface area contributed by atoms with Crippen molar-refractivity contribution in [2.75, 3.05) is 0 Å². The topological polar surface area (TPSA) is 131 Å². The van der Waals surface area contributed by atoms with Crippen molar-refractivity contribution in [1.82, 2.24) is 16.0 Å². The third-order valence-corrected chi connectivity index (χ3v) is 7.32. The van der Waals surface area contributed by atoms with Crippen LogP contribution in [0.5, 0.6) is 0 Å². The molecule has 3 aromatic rings. The second kappa shape index (κ2) is 18.1. The number of amides is 3. The van der Waals surface area contributed by atoms with E-state index in [1.54, 1.807) is 105 Å². The Hall–Kier alpha value is -5.15. The van der Waals surface area contributed by atoms with Crippen LogP contribution in [0.1, 0.15) is 48.9 Å². The number of carbonyl (C=O) groups is 4. The van der Waals surface area contributed by atoms with Crippen molar-refractivity contribution in [2.45, 2.75) is 70.7 Å². The van der Waals surface area contributed by atoms with E-state index in [1.807, 2.05) is 0 Å². The highest BCUT2D eigenvalue weighted by molar-refractivity contribution is 6.10. The minimum absolute atomic E-state index is 0.0612. The van der Waals surface area contributed by atoms with E-state index in [1.165, 1.54) is 6.08 Å². The standard InChI is InChI=1S/C36H39F2N3O6/c1-25(2)31(41-35(46)47-24-29-15-8-4-9-16-29)33(44)40-30(22-27-19-17-26(18-20-27)12-10-5-11-21-42)32(43)36(37,38)34(45)39-23-28-13-6-3-7-14-28/h3-4,6-9,11,13-20,25,30-31H,5,10,12,22-24H2,1-2H3,(H,39,45)(H,40,44)(H,41,46)/t30?,31-/m0/s1. The summed E-state index contributed by atoms with van der Waals surface area (Å²) in [5.41, 5.74) is 2.65. The number of benzene rings is 3. The van der Waals surface area contributed by atoms with Crippen LogP contribution in [0.25, 0.3) is 0 Å². The Kier molecular flexibility index (Phi) is 14.0. The van der Waals surface area contributed by atoms with E-state index in [0.29, 0.717) is 30.4 Å². The van der Waals surface area contributed by atoms with E-state index < -0.39 is 47.6 Å². The van der Waals surface area contributed by atoms with Crippen molar-refractivity contribution in [2.24, 2.45) is 5.92 Å². The van der Waals surface area contributed by atoms with E-state index in [0.717, 1.165) is 11.1 Å². The summed E-state index contributed by atoms with van der Waals surface area (Å²) in [6.45, 7) is 2.98. The third kappa shape index (κ3) is 11.6. The van der Waals surface area contributed by atoms with E-state index >= 15 is 8.78 Å². The molecule has 0 aliphatic heterocycles. The van der Waals surface area contributed by atoms with E-state index in [4.69, 9.17) is 4.74 Å². The Balaban J connectivity index is 1.77. The number of rotatable bonds is 17. The Bertz CT molecular complexity index is 1530. The Morgan fingerprint density at radius 1 is 0.830 bits per heavy atom. The van der Waals surface area contributed by atoms with Crippen molar-refractivity contribution in [3.8, 4) is 0 Å². The van der Waals surface area contributed by atoms with Crippen LogP contribution < -0.4 is 16.0 Å². The normalized spacial score (nSPS) is 12.3. The fourth-order valence-corrected chi connectivity index (χ4v) is 4.66. The minimum atomic E-state index is -4.48. The van der Waals surface area contributed by atoms with Gasteiger partial charge >= 0.3 is 12.0 Å². The van der Waals surface area contributed by atoms with Crippen molar-refractivity contribution in [1.29, 1.82) is 0 Å². The summed E-state index contributed by atoms with van der Waals surface area (Å²) in [5.74, 6) is -7.76. The maximum absolute atomic E-state index is 15.4. The molecule has 2 atom stereocenters. The molecule has 3 rings (SSSR count). The predicted molar refractivity (Wildman–Crippen MR) is 172 cm³/mol. The minimum Gasteiger partial charge on any atom is -0.445 e. The molecule has 248 valence electrons. The quantitative estimate of drug-likeness (QED) is 0.109. The Morgan fingerprint density at radius 3 is 2.02 bits per heavy atom. The number of alkyl carbamates (subject to hydrolysis) is 1. The van der Waals surface area contributed by atoms with Gasteiger partial charge in [-0.1, -0.05) is 98.8 Å². The first-order valence-electron chi connectivity index (χ1n) is 15.3. The second-order valence-electron chi connectivity index (χ2n) is 11.3. The maximum atomic E-state index is 15.4. The average molecular weight is 648 g/mol. The first kappa shape index (κ1) is 36.3. The number of Topliss-reactive ketones (excluding diaryl/α,β-unsaturated/α-hetero) is 1. The molecular weight excluding hydrogens is 608 g/mol. The molecule has 0 fully saturated rings. The number of alkyl halides is 2. The van der Waals surface area contributed by atoms with Crippen LogP contribution in [0.3, 0.4) is 0 Å². The van der Waals surface area contributed by atoms with Gasteiger partial charge in [0.05, 0.1) is 6.04 Å². The highest BCUT2D eigenvalue weighted by Gasteiger charge is 2.50. The maximum Gasteiger partial charge on any atom is 0.408 e. The summed E-state index contributed by atoms with van der Waals surface area (Å²) in [6.07, 6.45) is 2.05. The molecule has 3 N–H and O–H groups in total. The lowest BCUT2D eigenvalue weighted by Crippen LogP contribution is -2.59. The van der Waals surface area contributed by atoms with Gasteiger partial charge in [-0.25, -0.2) is 9.59 Å². The lowest BCUT2D eigenvalue weighted by molar-refractivity contribution is -0.160. The zero-order valence-corrected chi connectivity index (χ0v) is 26.3. The van der Waals surface area contributed by atoms with Gasteiger partial charge in [0.1, 0.15) is 18.6 Å². The highest BCUT2D eigenvalue weighted by atomic mass is 19.3. The third-order valence-electron chi connectivity index (χ3n) is 7.32. The first-order chi connectivity index (χ1) is 22.5. The summed E-state index contributed by atoms with van der Waals surface area (Å²) in [4.78, 5) is 62.3. The molecule has 0 aliphatic rings. The number of nitrogens with one attached hydrogen (secondary N) is 3. The van der Waals surface area contributed by atoms with Gasteiger partial charge in [0.2, 0.25) is 11.7 Å². The first-order valence-corrected chi connectivity index (χ1v) is 15.3. The summed E-state index contributed by atoms with van der Waals surface area (Å²) in [5, 5.41) is 6.92. The lowest BCUT2D eigenvalue weighted by Gasteiger charge is -2.27. The summed E-state index contributed by atoms with van der Waals surface area (Å²) >= 11 is 0. The van der Waals surface area contributed by atoms with Gasteiger partial charge in [-0.05, 0) is 53.5 Å². The number of aryl methyl sites for hydroxylation is 1. The smallest absolute Gasteiger partial charge is 0.408 e. The van der Waals surface area contributed by atoms with Crippen LogP contribution in [-0.2, 0) is 49.9 Å². The number of hydrogen-bond acceptors (Lipinski definition) is 6. The monoisotopic (exact) mass is 647 g/mol. The highest BCUT2D eigenvalue weighted by Crippen LogP contribution is 2.21. The van der Waals surface area contributed by atoms with Gasteiger partial charge in [-0.2, -0.15) is 8.78 Å². The molecule has 11 heteroatoms. The van der Waals surface area contributed by atoms with E-state index in [2.05, 4.69) is 16.0 Å². The largest absolute Gasteiger partial charge is 0.445 e. The van der Waals surface area contributed by atoms with Gasteiger partial charge in [-0.3, -0.25) is 14.4 Å². The molecule has 0 aliphatic carbocycles. The predicted octanol–water partition coefficient (Wildman–Crippen LogP) is 4.90. The van der Waals surface area contributed by atoms with E-state index in [9.17, 15) is 24.0 Å². The molecule has 9 nitrogen and oxygen atoms in total. The number of hydrogen-bond donors (Lipinski definition) is 3. The van der Waals surface area contributed by atoms with Gasteiger partial charge in [0.25, 0.3) is 5.91 Å². The molecule has 0 heterocycles. The van der Waals surface area contributed by atoms with Crippen molar-refractivity contribution >= 4 is 29.6 Å². The fraction of sp³-hybridized carbons (Fsp3) is 0.333. The molecule has 0 bridgehead atoms. The molecule has 3 aromatic carbocycles. The van der Waals surface area contributed by atoms with Crippen molar-refractivity contribution in [3.63, 3.8) is 0 Å². The van der Waals surface area contributed by atoms with Crippen molar-refractivity contribution in [3.05, 3.63) is 113 Å². The molecule has 3 amide bonds. The van der Waals surface area contributed by atoms with Gasteiger partial charge in [0, 0.05) is 13.0 Å². The molecule has 1 unspecified atom stereocenters.